The van der Waals surface area contributed by atoms with Crippen LogP contribution in [-0.4, -0.2) is 22.4 Å². The molecule has 3 rings (SSSR count). The van der Waals surface area contributed by atoms with Gasteiger partial charge in [-0.05, 0) is 17.7 Å². The van der Waals surface area contributed by atoms with Gasteiger partial charge in [0.2, 0.25) is 0 Å². The number of fused-ring (bicyclic) bond motifs is 1. The second-order valence-corrected chi connectivity index (χ2v) is 5.78. The zero-order valence-electron chi connectivity index (χ0n) is 10.0. The number of thioether (sulfide) groups is 1. The second-order valence-electron chi connectivity index (χ2n) is 4.28. The number of hydrogen-bond acceptors (Lipinski definition) is 5. The molecule has 0 spiro atoms. The van der Waals surface area contributed by atoms with Crippen molar-refractivity contribution in [2.75, 3.05) is 12.3 Å². The molecule has 2 heterocycles. The van der Waals surface area contributed by atoms with Crippen LogP contribution in [0.3, 0.4) is 0 Å². The summed E-state index contributed by atoms with van der Waals surface area (Å²) in [7, 11) is 0. The molecule has 0 bridgehead atoms. The zero-order chi connectivity index (χ0) is 13.4. The normalized spacial score (nSPS) is 22.0. The number of nitrogens with two attached hydrogens (primary N) is 1. The zero-order valence-corrected chi connectivity index (χ0v) is 11.6. The molecule has 1 aromatic rings. The van der Waals surface area contributed by atoms with Crippen molar-refractivity contribution in [1.29, 1.82) is 5.26 Å². The number of halogens is 1. The van der Waals surface area contributed by atoms with E-state index in [9.17, 15) is 5.26 Å². The van der Waals surface area contributed by atoms with Gasteiger partial charge in [0.15, 0.2) is 5.17 Å². The largest absolute Gasteiger partial charge is 0.384 e. The van der Waals surface area contributed by atoms with Crippen LogP contribution < -0.4 is 5.73 Å². The molecule has 96 valence electrons. The highest BCUT2D eigenvalue weighted by atomic mass is 35.5. The van der Waals surface area contributed by atoms with E-state index in [0.29, 0.717) is 16.4 Å². The third-order valence-corrected chi connectivity index (χ3v) is 4.35. The lowest BCUT2D eigenvalue weighted by Crippen LogP contribution is -2.34. The van der Waals surface area contributed by atoms with E-state index in [1.54, 1.807) is 17.8 Å². The summed E-state index contributed by atoms with van der Waals surface area (Å²) in [6.07, 6.45) is 0. The average Bonchev–Trinajstić information content (AvgIpc) is 2.87. The van der Waals surface area contributed by atoms with Gasteiger partial charge in [-0.2, -0.15) is 5.26 Å². The summed E-state index contributed by atoms with van der Waals surface area (Å²) in [6.45, 7) is 0.808. The quantitative estimate of drug-likeness (QED) is 0.863. The van der Waals surface area contributed by atoms with Gasteiger partial charge in [0.05, 0.1) is 5.57 Å². The van der Waals surface area contributed by atoms with E-state index < -0.39 is 0 Å². The summed E-state index contributed by atoms with van der Waals surface area (Å²) < 4.78 is 0. The molecule has 0 aromatic heterocycles. The molecule has 2 aliphatic heterocycles. The maximum atomic E-state index is 9.36. The Morgan fingerprint density at radius 1 is 1.53 bits per heavy atom. The van der Waals surface area contributed by atoms with Gasteiger partial charge in [0.25, 0.3) is 0 Å². The highest BCUT2D eigenvalue weighted by Gasteiger charge is 2.33. The third-order valence-electron chi connectivity index (χ3n) is 3.14. The number of benzene rings is 1. The third kappa shape index (κ3) is 2.07. The van der Waals surface area contributed by atoms with Crippen LogP contribution in [0.25, 0.3) is 0 Å². The maximum absolute atomic E-state index is 9.36. The van der Waals surface area contributed by atoms with E-state index in [0.717, 1.165) is 23.0 Å². The summed E-state index contributed by atoms with van der Waals surface area (Å²) in [4.78, 5) is 6.55. The molecule has 1 saturated heterocycles. The van der Waals surface area contributed by atoms with Crippen LogP contribution in [0.15, 0.2) is 40.7 Å². The fourth-order valence-corrected chi connectivity index (χ4v) is 3.41. The number of aliphatic imine (C=N–C) groups is 1. The van der Waals surface area contributed by atoms with Crippen LogP contribution in [0.5, 0.6) is 0 Å². The van der Waals surface area contributed by atoms with Crippen molar-refractivity contribution >= 4 is 28.5 Å². The Labute approximate surface area is 120 Å². The molecule has 2 N–H and O–H groups in total. The van der Waals surface area contributed by atoms with E-state index in [-0.39, 0.29) is 6.04 Å². The molecule has 6 heteroatoms. The van der Waals surface area contributed by atoms with Crippen molar-refractivity contribution in [1.82, 2.24) is 4.90 Å². The minimum atomic E-state index is -0.347. The number of amidine groups is 1. The monoisotopic (exact) mass is 290 g/mol. The summed E-state index contributed by atoms with van der Waals surface area (Å²) in [5.41, 5.74) is 7.49. The van der Waals surface area contributed by atoms with Crippen molar-refractivity contribution in [3.05, 3.63) is 46.2 Å². The van der Waals surface area contributed by atoms with Gasteiger partial charge in [-0.3, -0.25) is 0 Å². The molecule has 1 unspecified atom stereocenters. The van der Waals surface area contributed by atoms with E-state index >= 15 is 0 Å². The number of rotatable bonds is 1. The summed E-state index contributed by atoms with van der Waals surface area (Å²) >= 11 is 7.67. The van der Waals surface area contributed by atoms with Crippen LogP contribution in [0.2, 0.25) is 5.02 Å². The van der Waals surface area contributed by atoms with Crippen LogP contribution >= 0.6 is 23.4 Å². The average molecular weight is 291 g/mol. The van der Waals surface area contributed by atoms with Gasteiger partial charge in [-0.25, -0.2) is 4.99 Å². The van der Waals surface area contributed by atoms with E-state index in [2.05, 4.69) is 11.1 Å². The van der Waals surface area contributed by atoms with Crippen molar-refractivity contribution in [3.63, 3.8) is 0 Å². The maximum Gasteiger partial charge on any atom is 0.165 e. The van der Waals surface area contributed by atoms with Crippen molar-refractivity contribution < 1.29 is 0 Å². The molecule has 0 amide bonds. The Morgan fingerprint density at radius 2 is 2.37 bits per heavy atom. The highest BCUT2D eigenvalue weighted by Crippen LogP contribution is 2.36. The lowest BCUT2D eigenvalue weighted by Gasteiger charge is -2.27. The molecule has 4 nitrogen and oxygen atoms in total. The van der Waals surface area contributed by atoms with Gasteiger partial charge < -0.3 is 10.6 Å². The van der Waals surface area contributed by atoms with E-state index in [1.807, 2.05) is 23.1 Å². The Morgan fingerprint density at radius 3 is 3.11 bits per heavy atom. The smallest absolute Gasteiger partial charge is 0.165 e. The van der Waals surface area contributed by atoms with Crippen LogP contribution in [0.4, 0.5) is 0 Å². The first-order chi connectivity index (χ1) is 9.20. The van der Waals surface area contributed by atoms with Crippen molar-refractivity contribution in [3.8, 4) is 6.07 Å². The molecule has 0 radical (unpaired) electrons. The minimum Gasteiger partial charge on any atom is -0.384 e. The number of nitriles is 1. The molecule has 1 atom stereocenters. The lowest BCUT2D eigenvalue weighted by molar-refractivity contribution is 0.527. The fraction of sp³-hybridized carbons (Fsp3) is 0.231. The molecule has 2 aliphatic rings. The van der Waals surface area contributed by atoms with E-state index in [1.165, 1.54) is 0 Å². The van der Waals surface area contributed by atoms with Crippen LogP contribution in [0.1, 0.15) is 11.6 Å². The molecule has 0 saturated carbocycles. The minimum absolute atomic E-state index is 0.347. The molecule has 1 fully saturated rings. The Balaban J connectivity index is 2.10. The standard InChI is InChI=1S/C13H11ClN4S/c14-9-3-1-2-8(6-9)11-10(7-15)12(16)18-4-5-19-13(18)17-11/h1-3,6,11H,4-5,16H2. The van der Waals surface area contributed by atoms with Gasteiger partial charge in [-0.1, -0.05) is 35.5 Å². The Bertz CT molecular complexity index is 632. The van der Waals surface area contributed by atoms with Gasteiger partial charge in [0, 0.05) is 17.3 Å². The SMILES string of the molecule is N#CC1=C(N)N2CCSC2=NC1c1cccc(Cl)c1. The first-order valence-electron chi connectivity index (χ1n) is 5.84. The number of nitrogens with zero attached hydrogens (tertiary/aromatic N) is 3. The summed E-state index contributed by atoms with van der Waals surface area (Å²) in [5.74, 6) is 1.46. The van der Waals surface area contributed by atoms with Crippen LogP contribution in [0, 0.1) is 11.3 Å². The summed E-state index contributed by atoms with van der Waals surface area (Å²) in [5, 5.41) is 10.9. The van der Waals surface area contributed by atoms with Gasteiger partial charge >= 0.3 is 0 Å². The van der Waals surface area contributed by atoms with Crippen LogP contribution in [-0.2, 0) is 0 Å². The Kier molecular flexibility index (Phi) is 3.13. The molecule has 1 aromatic carbocycles. The topological polar surface area (TPSA) is 65.4 Å². The molecular formula is C13H11ClN4S. The van der Waals surface area contributed by atoms with Gasteiger partial charge in [0.1, 0.15) is 17.9 Å². The highest BCUT2D eigenvalue weighted by molar-refractivity contribution is 8.14. The summed E-state index contributed by atoms with van der Waals surface area (Å²) in [6, 6.07) is 9.25. The predicted molar refractivity (Wildman–Crippen MR) is 77.6 cm³/mol. The number of hydrogen-bond donors (Lipinski definition) is 1. The van der Waals surface area contributed by atoms with Gasteiger partial charge in [-0.15, -0.1) is 0 Å². The Hall–Kier alpha value is -1.64. The lowest BCUT2D eigenvalue weighted by atomic mass is 9.99. The van der Waals surface area contributed by atoms with Crippen molar-refractivity contribution in [2.45, 2.75) is 6.04 Å². The first kappa shape index (κ1) is 12.4. The fourth-order valence-electron chi connectivity index (χ4n) is 2.23. The first-order valence-corrected chi connectivity index (χ1v) is 7.20. The second kappa shape index (κ2) is 4.80. The predicted octanol–water partition coefficient (Wildman–Crippen LogP) is 2.49. The molecular weight excluding hydrogens is 280 g/mol. The molecule has 0 aliphatic carbocycles. The molecule has 19 heavy (non-hydrogen) atoms. The van der Waals surface area contributed by atoms with E-state index in [4.69, 9.17) is 17.3 Å². The van der Waals surface area contributed by atoms with Crippen molar-refractivity contribution in [2.24, 2.45) is 10.7 Å².